The maximum Gasteiger partial charge on any atom is 0.410 e. The van der Waals surface area contributed by atoms with Gasteiger partial charge < -0.3 is 14.7 Å². The fourth-order valence-corrected chi connectivity index (χ4v) is 1.62. The molecule has 7 heteroatoms. The number of carbonyl (C=O) groups excluding carboxylic acids is 1. The Morgan fingerprint density at radius 2 is 2.24 bits per heavy atom. The molecule has 0 aromatic rings. The third-order valence-corrected chi connectivity index (χ3v) is 2.40. The van der Waals surface area contributed by atoms with E-state index in [1.165, 1.54) is 4.90 Å². The Kier molecular flexibility index (Phi) is 4.20. The van der Waals surface area contributed by atoms with Crippen LogP contribution in [-0.2, 0) is 4.74 Å². The van der Waals surface area contributed by atoms with Gasteiger partial charge in [-0.15, -0.1) is 0 Å². The monoisotopic (exact) mass is 243 g/mol. The molecule has 17 heavy (non-hydrogen) atoms. The molecule has 1 aliphatic heterocycles. The molecule has 2 N–H and O–H groups in total. The largest absolute Gasteiger partial charge is 0.444 e. The highest BCUT2D eigenvalue weighted by Crippen LogP contribution is 2.17. The lowest BCUT2D eigenvalue weighted by molar-refractivity contribution is -0.00119. The van der Waals surface area contributed by atoms with E-state index in [4.69, 9.17) is 10.3 Å². The molecule has 1 fully saturated rings. The molecule has 0 aliphatic carbocycles. The normalized spacial score (nSPS) is 25.1. The first kappa shape index (κ1) is 13.6. The van der Waals surface area contributed by atoms with E-state index in [-0.39, 0.29) is 6.54 Å². The van der Waals surface area contributed by atoms with Crippen molar-refractivity contribution >= 4 is 6.09 Å². The number of β-amino-alcohol motifs (C(OH)–C–C–N with tert-alkyl or cyclic N) is 1. The van der Waals surface area contributed by atoms with Crippen LogP contribution < -0.4 is 4.91 Å². The van der Waals surface area contributed by atoms with Gasteiger partial charge in [-0.25, -0.2) is 4.79 Å². The summed E-state index contributed by atoms with van der Waals surface area (Å²) in [4.78, 5) is 16.1. The third-order valence-electron chi connectivity index (χ3n) is 2.40. The Morgan fingerprint density at radius 1 is 1.59 bits per heavy atom. The van der Waals surface area contributed by atoms with E-state index in [9.17, 15) is 9.90 Å². The molecule has 0 saturated carbocycles. The first-order valence-corrected chi connectivity index (χ1v) is 5.56. The maximum absolute atomic E-state index is 11.7. The first-order valence-electron chi connectivity index (χ1n) is 5.56. The van der Waals surface area contributed by atoms with E-state index in [2.05, 4.69) is 10.0 Å². The molecule has 1 saturated heterocycles. The molecule has 1 amide bonds. The number of ether oxygens (including phenoxy) is 1. The van der Waals surface area contributed by atoms with Crippen LogP contribution in [0.2, 0.25) is 0 Å². The highest BCUT2D eigenvalue weighted by atomic mass is 16.6. The summed E-state index contributed by atoms with van der Waals surface area (Å²) in [6.45, 7) is 6.00. The van der Waals surface area contributed by atoms with Crippen LogP contribution >= 0.6 is 0 Å². The molecule has 1 aliphatic rings. The van der Waals surface area contributed by atoms with Crippen molar-refractivity contribution in [2.75, 3.05) is 13.1 Å². The van der Waals surface area contributed by atoms with Gasteiger partial charge in [0.15, 0.2) is 6.04 Å². The quantitative estimate of drug-likeness (QED) is 0.528. The number of likely N-dealkylation sites (tertiary alicyclic amines) is 1. The van der Waals surface area contributed by atoms with E-state index >= 15 is 0 Å². The number of carbonyl (C=O) groups is 1. The Hall–Kier alpha value is -1.46. The van der Waals surface area contributed by atoms with Crippen LogP contribution in [0.4, 0.5) is 4.79 Å². The van der Waals surface area contributed by atoms with Gasteiger partial charge in [0, 0.05) is 6.54 Å². The SMILES string of the molecule is CC(C)(C)OC(=O)N1CC[C@H](N=[N+]=N)[C@@H](O)C1. The van der Waals surface area contributed by atoms with Gasteiger partial charge in [-0.2, -0.15) is 0 Å². The molecule has 0 unspecified atom stereocenters. The van der Waals surface area contributed by atoms with Gasteiger partial charge in [-0.1, -0.05) is 0 Å². The lowest BCUT2D eigenvalue weighted by Crippen LogP contribution is -2.49. The van der Waals surface area contributed by atoms with Gasteiger partial charge in [0.25, 0.3) is 0 Å². The maximum atomic E-state index is 11.7. The van der Waals surface area contributed by atoms with Crippen LogP contribution in [0.25, 0.3) is 0 Å². The fourth-order valence-electron chi connectivity index (χ4n) is 1.62. The van der Waals surface area contributed by atoms with Gasteiger partial charge in [0.2, 0.25) is 4.91 Å². The van der Waals surface area contributed by atoms with E-state index in [0.29, 0.717) is 13.0 Å². The van der Waals surface area contributed by atoms with Gasteiger partial charge in [-0.3, -0.25) is 0 Å². The topological polar surface area (TPSA) is 100 Å². The summed E-state index contributed by atoms with van der Waals surface area (Å²) in [6, 6.07) is -0.397. The van der Waals surface area contributed by atoms with Crippen LogP contribution in [0.3, 0.4) is 0 Å². The van der Waals surface area contributed by atoms with Crippen molar-refractivity contribution in [1.82, 2.24) is 9.81 Å². The second kappa shape index (κ2) is 5.25. The van der Waals surface area contributed by atoms with E-state index < -0.39 is 23.8 Å². The van der Waals surface area contributed by atoms with Crippen molar-refractivity contribution < 1.29 is 14.6 Å². The van der Waals surface area contributed by atoms with Crippen LogP contribution in [-0.4, -0.2) is 46.9 Å². The lowest BCUT2D eigenvalue weighted by Gasteiger charge is -2.33. The van der Waals surface area contributed by atoms with Crippen LogP contribution in [0, 0.1) is 5.53 Å². The summed E-state index contributed by atoms with van der Waals surface area (Å²) in [6.07, 6.45) is -0.730. The molecule has 0 spiro atoms. The molecule has 1 rings (SSSR count). The standard InChI is InChI=1S/C10H19N4O3/c1-10(2,3)17-9(16)14-5-4-7(12-13-11)8(15)6-14/h7-8,11,15H,4-6H2,1-3H3/q+1/t7-,8-/m0/s1. The zero-order chi connectivity index (χ0) is 13.1. The number of amides is 1. The summed E-state index contributed by atoms with van der Waals surface area (Å²) in [5.74, 6) is 0. The molecule has 96 valence electrons. The minimum absolute atomic E-state index is 0.165. The Morgan fingerprint density at radius 3 is 2.71 bits per heavy atom. The molecule has 1 heterocycles. The number of hydrogen-bond acceptors (Lipinski definition) is 5. The smallest absolute Gasteiger partial charge is 0.410 e. The van der Waals surface area contributed by atoms with E-state index in [1.807, 2.05) is 0 Å². The highest BCUT2D eigenvalue weighted by Gasteiger charge is 2.34. The van der Waals surface area contributed by atoms with Crippen molar-refractivity contribution in [3.63, 3.8) is 0 Å². The van der Waals surface area contributed by atoms with E-state index in [0.717, 1.165) is 0 Å². The summed E-state index contributed by atoms with van der Waals surface area (Å²) < 4.78 is 5.21. The van der Waals surface area contributed by atoms with E-state index in [1.54, 1.807) is 20.8 Å². The van der Waals surface area contributed by atoms with Gasteiger partial charge >= 0.3 is 6.09 Å². The third kappa shape index (κ3) is 4.13. The number of nitrogens with zero attached hydrogens (tertiary/aromatic N) is 3. The van der Waals surface area contributed by atoms with Crippen LogP contribution in [0.1, 0.15) is 27.2 Å². The second-order valence-electron chi connectivity index (χ2n) is 5.07. The van der Waals surface area contributed by atoms with Crippen molar-refractivity contribution in [3.8, 4) is 0 Å². The fraction of sp³-hybridized carbons (Fsp3) is 0.900. The molecule has 2 atom stereocenters. The number of hydrogen-bond donors (Lipinski definition) is 2. The Bertz CT molecular complexity index is 333. The zero-order valence-electron chi connectivity index (χ0n) is 10.4. The molecule has 0 bridgehead atoms. The molecular formula is C10H19N4O3+. The van der Waals surface area contributed by atoms with Crippen LogP contribution in [0.5, 0.6) is 0 Å². The molecule has 0 aromatic carbocycles. The predicted octanol–water partition coefficient (Wildman–Crippen LogP) is 0.907. The van der Waals surface area contributed by atoms with Crippen molar-refractivity contribution in [1.29, 1.82) is 5.53 Å². The minimum atomic E-state index is -0.787. The minimum Gasteiger partial charge on any atom is -0.444 e. The number of rotatable bonds is 1. The Labute approximate surface area is 100.0 Å². The van der Waals surface area contributed by atoms with Gasteiger partial charge in [-0.05, 0) is 27.2 Å². The average Bonchev–Trinajstić information content (AvgIpc) is 2.18. The van der Waals surface area contributed by atoms with Gasteiger partial charge in [0.1, 0.15) is 22.4 Å². The average molecular weight is 243 g/mol. The summed E-state index contributed by atoms with van der Waals surface area (Å²) in [5.41, 5.74) is 6.08. The zero-order valence-corrected chi connectivity index (χ0v) is 10.4. The number of piperidine rings is 1. The molecule has 0 aromatic heterocycles. The number of aliphatic hydroxyl groups excluding tert-OH is 1. The molecular weight excluding hydrogens is 224 g/mol. The summed E-state index contributed by atoms with van der Waals surface area (Å²) in [7, 11) is 0. The van der Waals surface area contributed by atoms with Gasteiger partial charge in [0.05, 0.1) is 6.54 Å². The lowest BCUT2D eigenvalue weighted by atomic mass is 10.0. The number of aliphatic hydroxyl groups is 1. The Balaban J connectivity index is 2.55. The van der Waals surface area contributed by atoms with Crippen LogP contribution in [0.15, 0.2) is 5.11 Å². The highest BCUT2D eigenvalue weighted by molar-refractivity contribution is 5.68. The summed E-state index contributed by atoms with van der Waals surface area (Å²) in [5, 5.41) is 13.3. The molecule has 0 radical (unpaired) electrons. The first-order chi connectivity index (χ1) is 7.83. The summed E-state index contributed by atoms with van der Waals surface area (Å²) >= 11 is 0. The van der Waals surface area contributed by atoms with Crippen molar-refractivity contribution in [3.05, 3.63) is 0 Å². The predicted molar refractivity (Wildman–Crippen MR) is 59.5 cm³/mol. The second-order valence-corrected chi connectivity index (χ2v) is 5.07. The number of nitrogens with one attached hydrogen (secondary N) is 1. The van der Waals surface area contributed by atoms with Crippen molar-refractivity contribution in [2.24, 2.45) is 5.11 Å². The molecule has 7 nitrogen and oxygen atoms in total. The van der Waals surface area contributed by atoms with Crippen molar-refractivity contribution in [2.45, 2.75) is 44.9 Å².